The van der Waals surface area contributed by atoms with Crippen molar-refractivity contribution in [3.63, 3.8) is 0 Å². The fourth-order valence-electron chi connectivity index (χ4n) is 5.26. The summed E-state index contributed by atoms with van der Waals surface area (Å²) in [7, 11) is 0. The van der Waals surface area contributed by atoms with E-state index < -0.39 is 12.1 Å². The Balaban J connectivity index is 1.48. The second-order valence-corrected chi connectivity index (χ2v) is 9.55. The molecule has 2 saturated heterocycles. The maximum atomic E-state index is 13.7. The first-order valence-corrected chi connectivity index (χ1v) is 13.3. The standard InChI is InChI=1S/C29H37N3O5/c1-4-36-23-17-22(18-24(19-23)37-5-2)28(34)32-16-10-14-26(32)29(35)31-15-9-13-25(31)27(33)30-20(3)21-11-7-6-8-12-21/h6-8,11-12,17-20,25-26H,4-5,9-10,13-16H2,1-3H3,(H,30,33)/t20-,25+,26+/m1/s1. The van der Waals surface area contributed by atoms with E-state index in [0.29, 0.717) is 56.2 Å². The van der Waals surface area contributed by atoms with Gasteiger partial charge in [-0.2, -0.15) is 0 Å². The number of benzene rings is 2. The Morgan fingerprint density at radius 3 is 2.11 bits per heavy atom. The first-order valence-electron chi connectivity index (χ1n) is 13.3. The van der Waals surface area contributed by atoms with Crippen molar-refractivity contribution < 1.29 is 23.9 Å². The predicted octanol–water partition coefficient (Wildman–Crippen LogP) is 3.96. The van der Waals surface area contributed by atoms with Crippen LogP contribution >= 0.6 is 0 Å². The summed E-state index contributed by atoms with van der Waals surface area (Å²) in [5.41, 5.74) is 1.45. The van der Waals surface area contributed by atoms with E-state index in [4.69, 9.17) is 9.47 Å². The van der Waals surface area contributed by atoms with Crippen LogP contribution in [-0.2, 0) is 9.59 Å². The molecular weight excluding hydrogens is 470 g/mol. The van der Waals surface area contributed by atoms with Crippen molar-refractivity contribution in [2.75, 3.05) is 26.3 Å². The van der Waals surface area contributed by atoms with Gasteiger partial charge in [0.05, 0.1) is 19.3 Å². The molecule has 3 amide bonds. The number of likely N-dealkylation sites (tertiary alicyclic amines) is 2. The van der Waals surface area contributed by atoms with Crippen LogP contribution < -0.4 is 14.8 Å². The Bertz CT molecular complexity index is 1080. The fraction of sp³-hybridized carbons (Fsp3) is 0.483. The number of amides is 3. The van der Waals surface area contributed by atoms with E-state index in [1.54, 1.807) is 28.0 Å². The summed E-state index contributed by atoms with van der Waals surface area (Å²) in [4.78, 5) is 43.8. The van der Waals surface area contributed by atoms with E-state index in [0.717, 1.165) is 18.4 Å². The molecule has 3 atom stereocenters. The highest BCUT2D eigenvalue weighted by molar-refractivity contribution is 5.99. The Labute approximate surface area is 218 Å². The quantitative estimate of drug-likeness (QED) is 0.555. The maximum Gasteiger partial charge on any atom is 0.254 e. The van der Waals surface area contributed by atoms with Crippen LogP contribution in [0.2, 0.25) is 0 Å². The molecule has 0 saturated carbocycles. The summed E-state index contributed by atoms with van der Waals surface area (Å²) in [6.45, 7) is 7.65. The van der Waals surface area contributed by atoms with Gasteiger partial charge in [0.2, 0.25) is 11.8 Å². The minimum absolute atomic E-state index is 0.149. The first-order chi connectivity index (χ1) is 17.9. The summed E-state index contributed by atoms with van der Waals surface area (Å²) in [6, 6.07) is 13.7. The van der Waals surface area contributed by atoms with Gasteiger partial charge in [-0.25, -0.2) is 0 Å². The number of rotatable bonds is 9. The normalized spacial score (nSPS) is 20.0. The highest BCUT2D eigenvalue weighted by Crippen LogP contribution is 2.29. The van der Waals surface area contributed by atoms with Crippen molar-refractivity contribution in [3.05, 3.63) is 59.7 Å². The molecule has 8 heteroatoms. The Morgan fingerprint density at radius 1 is 0.892 bits per heavy atom. The van der Waals surface area contributed by atoms with Gasteiger partial charge in [-0.15, -0.1) is 0 Å². The zero-order valence-electron chi connectivity index (χ0n) is 21.9. The first kappa shape index (κ1) is 26.5. The lowest BCUT2D eigenvalue weighted by atomic mass is 10.1. The molecule has 0 aliphatic carbocycles. The van der Waals surface area contributed by atoms with Gasteiger partial charge in [0.15, 0.2) is 0 Å². The summed E-state index contributed by atoms with van der Waals surface area (Å²) in [5.74, 6) is 0.590. The summed E-state index contributed by atoms with van der Waals surface area (Å²) >= 11 is 0. The lowest BCUT2D eigenvalue weighted by molar-refractivity contribution is -0.141. The van der Waals surface area contributed by atoms with Crippen molar-refractivity contribution in [1.82, 2.24) is 15.1 Å². The van der Waals surface area contributed by atoms with E-state index in [1.165, 1.54) is 0 Å². The van der Waals surface area contributed by atoms with E-state index in [2.05, 4.69) is 5.32 Å². The van der Waals surface area contributed by atoms with Crippen molar-refractivity contribution >= 4 is 17.7 Å². The van der Waals surface area contributed by atoms with Gasteiger partial charge in [-0.3, -0.25) is 14.4 Å². The third-order valence-electron chi connectivity index (χ3n) is 7.04. The van der Waals surface area contributed by atoms with Crippen LogP contribution in [-0.4, -0.2) is 65.9 Å². The molecule has 2 fully saturated rings. The lowest BCUT2D eigenvalue weighted by Gasteiger charge is -2.31. The molecule has 2 aromatic carbocycles. The molecule has 0 bridgehead atoms. The zero-order chi connectivity index (χ0) is 26.4. The van der Waals surface area contributed by atoms with Crippen LogP contribution in [0.4, 0.5) is 0 Å². The molecule has 2 heterocycles. The van der Waals surface area contributed by atoms with Gasteiger partial charge >= 0.3 is 0 Å². The molecule has 37 heavy (non-hydrogen) atoms. The highest BCUT2D eigenvalue weighted by atomic mass is 16.5. The van der Waals surface area contributed by atoms with Crippen molar-refractivity contribution in [2.45, 2.75) is 64.6 Å². The molecule has 0 aromatic heterocycles. The van der Waals surface area contributed by atoms with Gasteiger partial charge in [0.1, 0.15) is 23.6 Å². The summed E-state index contributed by atoms with van der Waals surface area (Å²) in [6.07, 6.45) is 2.70. The molecule has 1 N–H and O–H groups in total. The highest BCUT2D eigenvalue weighted by Gasteiger charge is 2.42. The Kier molecular flexibility index (Phi) is 8.69. The molecule has 2 aliphatic rings. The SMILES string of the molecule is CCOc1cc(OCC)cc(C(=O)N2CCC[C@H]2C(=O)N2CCC[C@H]2C(=O)N[C@H](C)c2ccccc2)c1. The van der Waals surface area contributed by atoms with Gasteiger partial charge in [0, 0.05) is 24.7 Å². The Hall–Kier alpha value is -3.55. The summed E-state index contributed by atoms with van der Waals surface area (Å²) in [5, 5.41) is 3.07. The molecule has 0 spiro atoms. The van der Waals surface area contributed by atoms with Crippen molar-refractivity contribution in [2.24, 2.45) is 0 Å². The smallest absolute Gasteiger partial charge is 0.254 e. The molecule has 2 aromatic rings. The molecular formula is C29H37N3O5. The number of carbonyl (C=O) groups is 3. The van der Waals surface area contributed by atoms with E-state index in [-0.39, 0.29) is 23.8 Å². The predicted molar refractivity (Wildman–Crippen MR) is 141 cm³/mol. The number of nitrogens with one attached hydrogen (secondary N) is 1. The van der Waals surface area contributed by atoms with Gasteiger partial charge in [-0.1, -0.05) is 30.3 Å². The Morgan fingerprint density at radius 2 is 1.49 bits per heavy atom. The third-order valence-corrected chi connectivity index (χ3v) is 7.04. The van der Waals surface area contributed by atoms with Gasteiger partial charge < -0.3 is 24.6 Å². The molecule has 8 nitrogen and oxygen atoms in total. The number of hydrogen-bond donors (Lipinski definition) is 1. The molecule has 198 valence electrons. The zero-order valence-corrected chi connectivity index (χ0v) is 21.9. The topological polar surface area (TPSA) is 88.2 Å². The molecule has 0 radical (unpaired) electrons. The van der Waals surface area contributed by atoms with E-state index in [1.807, 2.05) is 51.1 Å². The van der Waals surface area contributed by atoms with Crippen LogP contribution in [0.25, 0.3) is 0 Å². The number of carbonyl (C=O) groups excluding carboxylic acids is 3. The number of nitrogens with zero attached hydrogens (tertiary/aromatic N) is 2. The fourth-order valence-corrected chi connectivity index (χ4v) is 5.26. The number of ether oxygens (including phenoxy) is 2. The van der Waals surface area contributed by atoms with Crippen molar-refractivity contribution in [1.29, 1.82) is 0 Å². The molecule has 2 aliphatic heterocycles. The van der Waals surface area contributed by atoms with Crippen LogP contribution in [0.3, 0.4) is 0 Å². The third kappa shape index (κ3) is 6.06. The average Bonchev–Trinajstić information content (AvgIpc) is 3.59. The minimum atomic E-state index is -0.585. The molecule has 0 unspecified atom stereocenters. The molecule has 4 rings (SSSR count). The summed E-state index contributed by atoms with van der Waals surface area (Å²) < 4.78 is 11.3. The second kappa shape index (κ2) is 12.1. The van der Waals surface area contributed by atoms with E-state index in [9.17, 15) is 14.4 Å². The lowest BCUT2D eigenvalue weighted by Crippen LogP contribution is -2.53. The second-order valence-electron chi connectivity index (χ2n) is 9.55. The van der Waals surface area contributed by atoms with Crippen LogP contribution in [0.15, 0.2) is 48.5 Å². The maximum absolute atomic E-state index is 13.7. The van der Waals surface area contributed by atoms with E-state index >= 15 is 0 Å². The van der Waals surface area contributed by atoms with Crippen molar-refractivity contribution in [3.8, 4) is 11.5 Å². The number of hydrogen-bond acceptors (Lipinski definition) is 5. The average molecular weight is 508 g/mol. The monoisotopic (exact) mass is 507 g/mol. The van der Waals surface area contributed by atoms with Crippen LogP contribution in [0, 0.1) is 0 Å². The van der Waals surface area contributed by atoms with Crippen LogP contribution in [0.1, 0.15) is 68.4 Å². The van der Waals surface area contributed by atoms with Gasteiger partial charge in [-0.05, 0) is 64.2 Å². The van der Waals surface area contributed by atoms with Crippen LogP contribution in [0.5, 0.6) is 11.5 Å². The largest absolute Gasteiger partial charge is 0.494 e. The van der Waals surface area contributed by atoms with Gasteiger partial charge in [0.25, 0.3) is 5.91 Å². The minimum Gasteiger partial charge on any atom is -0.494 e.